The molecule has 6 heteroatoms. The molecule has 0 bridgehead atoms. The van der Waals surface area contributed by atoms with Crippen LogP contribution in [0.25, 0.3) is 0 Å². The van der Waals surface area contributed by atoms with E-state index in [4.69, 9.17) is 0 Å². The zero-order valence-electron chi connectivity index (χ0n) is 16.4. The second-order valence-corrected chi connectivity index (χ2v) is 8.28. The van der Waals surface area contributed by atoms with Gasteiger partial charge < -0.3 is 15.5 Å². The molecule has 0 aliphatic carbocycles. The highest BCUT2D eigenvalue weighted by molar-refractivity contribution is 7.10. The highest BCUT2D eigenvalue weighted by Crippen LogP contribution is 2.26. The molecule has 1 fully saturated rings. The van der Waals surface area contributed by atoms with Gasteiger partial charge in [-0.15, -0.1) is 11.3 Å². The molecule has 1 aromatic heterocycles. The molecule has 0 radical (unpaired) electrons. The fourth-order valence-corrected chi connectivity index (χ4v) is 4.26. The second kappa shape index (κ2) is 10.3. The van der Waals surface area contributed by atoms with Crippen LogP contribution in [0.4, 0.5) is 4.79 Å². The Morgan fingerprint density at radius 2 is 2.00 bits per heavy atom. The Balaban J connectivity index is 1.50. The first-order valence-electron chi connectivity index (χ1n) is 10.1. The van der Waals surface area contributed by atoms with Crippen LogP contribution in [-0.4, -0.2) is 36.5 Å². The lowest BCUT2D eigenvalue weighted by molar-refractivity contribution is -0.130. The van der Waals surface area contributed by atoms with E-state index in [2.05, 4.69) is 41.8 Å². The van der Waals surface area contributed by atoms with Crippen molar-refractivity contribution in [3.63, 3.8) is 0 Å². The largest absolute Gasteiger partial charge is 0.343 e. The molecule has 2 heterocycles. The number of hydrogen-bond donors (Lipinski definition) is 2. The van der Waals surface area contributed by atoms with Gasteiger partial charge in [-0.2, -0.15) is 0 Å². The molecule has 0 spiro atoms. The molecule has 1 atom stereocenters. The van der Waals surface area contributed by atoms with Crippen LogP contribution in [0, 0.1) is 6.92 Å². The Morgan fingerprint density at radius 3 is 2.75 bits per heavy atom. The maximum atomic E-state index is 12.5. The van der Waals surface area contributed by atoms with Gasteiger partial charge in [-0.25, -0.2) is 4.79 Å². The molecule has 5 nitrogen and oxygen atoms in total. The van der Waals surface area contributed by atoms with Gasteiger partial charge in [-0.1, -0.05) is 42.3 Å². The number of amides is 3. The first-order valence-corrected chi connectivity index (χ1v) is 10.9. The van der Waals surface area contributed by atoms with Crippen molar-refractivity contribution in [2.45, 2.75) is 45.1 Å². The predicted octanol–water partition coefficient (Wildman–Crippen LogP) is 4.24. The van der Waals surface area contributed by atoms with Crippen molar-refractivity contribution in [3.8, 4) is 0 Å². The lowest BCUT2D eigenvalue weighted by Gasteiger charge is -2.21. The summed E-state index contributed by atoms with van der Waals surface area (Å²) in [5, 5.41) is 8.06. The third kappa shape index (κ3) is 5.83. The molecule has 28 heavy (non-hydrogen) atoms. The Labute approximate surface area is 171 Å². The minimum absolute atomic E-state index is 0.159. The summed E-state index contributed by atoms with van der Waals surface area (Å²) >= 11 is 1.63. The van der Waals surface area contributed by atoms with E-state index in [-0.39, 0.29) is 18.0 Å². The molecule has 3 amide bonds. The van der Waals surface area contributed by atoms with E-state index >= 15 is 0 Å². The first kappa shape index (κ1) is 20.4. The number of rotatable bonds is 7. The third-order valence-electron chi connectivity index (χ3n) is 5.08. The lowest BCUT2D eigenvalue weighted by atomic mass is 10.0. The normalized spacial score (nSPS) is 15.8. The molecular weight excluding hydrogens is 370 g/mol. The van der Waals surface area contributed by atoms with E-state index < -0.39 is 0 Å². The van der Waals surface area contributed by atoms with Crippen molar-refractivity contribution < 1.29 is 9.59 Å². The van der Waals surface area contributed by atoms with Crippen LogP contribution in [0.1, 0.15) is 54.1 Å². The molecule has 0 saturated carbocycles. The molecule has 0 unspecified atom stereocenters. The molecule has 3 rings (SSSR count). The Bertz CT molecular complexity index is 759. The van der Waals surface area contributed by atoms with Crippen LogP contribution in [0.15, 0.2) is 41.8 Å². The topological polar surface area (TPSA) is 61.4 Å². The quantitative estimate of drug-likeness (QED) is 0.684. The maximum absolute atomic E-state index is 12.5. The fraction of sp³-hybridized carbons (Fsp3) is 0.455. The van der Waals surface area contributed by atoms with Crippen molar-refractivity contribution in [2.24, 2.45) is 0 Å². The lowest BCUT2D eigenvalue weighted by Crippen LogP contribution is -2.40. The summed E-state index contributed by atoms with van der Waals surface area (Å²) in [4.78, 5) is 27.5. The first-order chi connectivity index (χ1) is 13.6. The number of nitrogens with one attached hydrogen (secondary N) is 2. The van der Waals surface area contributed by atoms with E-state index in [1.165, 1.54) is 5.56 Å². The van der Waals surface area contributed by atoms with E-state index in [0.717, 1.165) is 42.7 Å². The number of carbonyl (C=O) groups excluding carboxylic acids is 2. The Morgan fingerprint density at radius 1 is 1.18 bits per heavy atom. The third-order valence-corrected chi connectivity index (χ3v) is 6.01. The van der Waals surface area contributed by atoms with Gasteiger partial charge in [0.25, 0.3) is 0 Å². The number of benzene rings is 1. The van der Waals surface area contributed by atoms with Crippen molar-refractivity contribution in [2.75, 3.05) is 19.6 Å². The van der Waals surface area contributed by atoms with Gasteiger partial charge in [0, 0.05) is 30.9 Å². The summed E-state index contributed by atoms with van der Waals surface area (Å²) < 4.78 is 0. The predicted molar refractivity (Wildman–Crippen MR) is 114 cm³/mol. The van der Waals surface area contributed by atoms with Crippen LogP contribution in [0.5, 0.6) is 0 Å². The summed E-state index contributed by atoms with van der Waals surface area (Å²) in [5.41, 5.74) is 2.26. The number of carbonyl (C=O) groups is 2. The number of aryl methyl sites for hydroxylation is 1. The zero-order valence-corrected chi connectivity index (χ0v) is 17.3. The molecule has 2 aromatic rings. The average molecular weight is 400 g/mol. The van der Waals surface area contributed by atoms with Crippen molar-refractivity contribution in [1.29, 1.82) is 0 Å². The second-order valence-electron chi connectivity index (χ2n) is 7.30. The molecular formula is C22H29N3O2S. The zero-order chi connectivity index (χ0) is 19.8. The number of thiophene rings is 1. The standard InChI is InChI=1S/C22H29N3O2S/c1-17-9-11-18(12-10-17)21(19-7-5-16-28-19)24-22(27)23-13-6-15-25-14-4-2-3-8-20(25)26/h5,7,9-12,16,21H,2-4,6,8,13-15H2,1H3,(H2,23,24,27)/t21-/m0/s1. The minimum atomic E-state index is -0.179. The van der Waals surface area contributed by atoms with Gasteiger partial charge in [0.2, 0.25) is 5.91 Å². The van der Waals surface area contributed by atoms with Gasteiger partial charge in [-0.05, 0) is 43.2 Å². The summed E-state index contributed by atoms with van der Waals surface area (Å²) in [6.45, 7) is 4.17. The molecule has 2 N–H and O–H groups in total. The average Bonchev–Trinajstić information content (AvgIpc) is 3.14. The van der Waals surface area contributed by atoms with Gasteiger partial charge in [0.1, 0.15) is 0 Å². The molecule has 1 aliphatic heterocycles. The van der Waals surface area contributed by atoms with Gasteiger partial charge in [-0.3, -0.25) is 4.79 Å². The summed E-state index contributed by atoms with van der Waals surface area (Å²) in [5.74, 6) is 0.249. The van der Waals surface area contributed by atoms with Crippen molar-refractivity contribution in [3.05, 3.63) is 57.8 Å². The maximum Gasteiger partial charge on any atom is 0.315 e. The minimum Gasteiger partial charge on any atom is -0.343 e. The number of likely N-dealkylation sites (tertiary alicyclic amines) is 1. The SMILES string of the molecule is Cc1ccc([C@H](NC(=O)NCCCN2CCCCCC2=O)c2cccs2)cc1. The van der Waals surface area contributed by atoms with E-state index in [0.29, 0.717) is 19.5 Å². The van der Waals surface area contributed by atoms with Crippen LogP contribution >= 0.6 is 11.3 Å². The van der Waals surface area contributed by atoms with E-state index in [9.17, 15) is 9.59 Å². The summed E-state index contributed by atoms with van der Waals surface area (Å²) in [6, 6.07) is 11.9. The summed E-state index contributed by atoms with van der Waals surface area (Å²) in [7, 11) is 0. The van der Waals surface area contributed by atoms with Gasteiger partial charge in [0.15, 0.2) is 0 Å². The monoisotopic (exact) mass is 399 g/mol. The molecule has 150 valence electrons. The van der Waals surface area contributed by atoms with Crippen LogP contribution in [0.2, 0.25) is 0 Å². The smallest absolute Gasteiger partial charge is 0.315 e. The Hall–Kier alpha value is -2.34. The van der Waals surface area contributed by atoms with Gasteiger partial charge >= 0.3 is 6.03 Å². The van der Waals surface area contributed by atoms with Crippen LogP contribution < -0.4 is 10.6 Å². The van der Waals surface area contributed by atoms with E-state index in [1.54, 1.807) is 11.3 Å². The molecule has 1 saturated heterocycles. The Kier molecular flexibility index (Phi) is 7.48. The highest BCUT2D eigenvalue weighted by atomic mass is 32.1. The van der Waals surface area contributed by atoms with Gasteiger partial charge in [0.05, 0.1) is 6.04 Å². The summed E-state index contributed by atoms with van der Waals surface area (Å²) in [6.07, 6.45) is 4.64. The molecule has 1 aliphatic rings. The number of hydrogen-bond acceptors (Lipinski definition) is 3. The highest BCUT2D eigenvalue weighted by Gasteiger charge is 2.18. The van der Waals surface area contributed by atoms with E-state index in [1.807, 2.05) is 22.4 Å². The van der Waals surface area contributed by atoms with Crippen LogP contribution in [0.3, 0.4) is 0 Å². The number of urea groups is 1. The van der Waals surface area contributed by atoms with Crippen LogP contribution in [-0.2, 0) is 4.79 Å². The molecule has 1 aromatic carbocycles. The van der Waals surface area contributed by atoms with Crippen molar-refractivity contribution >= 4 is 23.3 Å². The number of nitrogens with zero attached hydrogens (tertiary/aromatic N) is 1. The fourth-order valence-electron chi connectivity index (χ4n) is 3.46. The van der Waals surface area contributed by atoms with Crippen molar-refractivity contribution in [1.82, 2.24) is 15.5 Å².